The Morgan fingerprint density at radius 3 is 1.66 bits per heavy atom. The first-order chi connectivity index (χ1) is 13.6. The lowest BCUT2D eigenvalue weighted by atomic mass is 10.1. The number of hydrogen-bond donors (Lipinski definition) is 1. The van der Waals surface area contributed by atoms with Gasteiger partial charge in [0.25, 0.3) is 20.2 Å². The molecule has 1 heterocycles. The van der Waals surface area contributed by atoms with Crippen molar-refractivity contribution in [1.29, 1.82) is 0 Å². The van der Waals surface area contributed by atoms with Gasteiger partial charge in [0.05, 0.1) is 16.4 Å². The van der Waals surface area contributed by atoms with Gasteiger partial charge in [-0.05, 0) is 38.1 Å². The van der Waals surface area contributed by atoms with Gasteiger partial charge in [-0.25, -0.2) is 0 Å². The second kappa shape index (κ2) is 8.50. The summed E-state index contributed by atoms with van der Waals surface area (Å²) in [5.74, 6) is 0. The predicted octanol–water partition coefficient (Wildman–Crippen LogP) is 1.89. The van der Waals surface area contributed by atoms with E-state index in [2.05, 4.69) is 0 Å². The van der Waals surface area contributed by atoms with Crippen LogP contribution in [0.1, 0.15) is 17.5 Å². The van der Waals surface area contributed by atoms with Crippen LogP contribution in [0.25, 0.3) is 0 Å². The largest absolute Gasteiger partial charge is 0.368 e. The molecule has 0 aliphatic carbocycles. The van der Waals surface area contributed by atoms with Crippen molar-refractivity contribution in [3.05, 3.63) is 59.7 Å². The second-order valence-corrected chi connectivity index (χ2v) is 9.97. The maximum Gasteiger partial charge on any atom is 0.297 e. The van der Waals surface area contributed by atoms with Crippen LogP contribution in [0.15, 0.2) is 58.3 Å². The minimum Gasteiger partial charge on any atom is -0.368 e. The van der Waals surface area contributed by atoms with Crippen molar-refractivity contribution in [2.45, 2.75) is 48.6 Å². The first-order valence-electron chi connectivity index (χ1n) is 8.86. The van der Waals surface area contributed by atoms with Crippen LogP contribution < -0.4 is 0 Å². The fourth-order valence-corrected chi connectivity index (χ4v) is 4.96. The lowest BCUT2D eigenvalue weighted by Crippen LogP contribution is -2.46. The average Bonchev–Trinajstić information content (AvgIpc) is 2.64. The van der Waals surface area contributed by atoms with Gasteiger partial charge >= 0.3 is 0 Å². The molecule has 1 aliphatic rings. The number of aliphatic hydroxyl groups excluding tert-OH is 1. The van der Waals surface area contributed by atoms with Crippen molar-refractivity contribution in [3.63, 3.8) is 0 Å². The highest BCUT2D eigenvalue weighted by Crippen LogP contribution is 2.27. The van der Waals surface area contributed by atoms with Crippen molar-refractivity contribution in [1.82, 2.24) is 0 Å². The van der Waals surface area contributed by atoms with E-state index < -0.39 is 38.7 Å². The summed E-state index contributed by atoms with van der Waals surface area (Å²) < 4.78 is 65.8. The molecule has 29 heavy (non-hydrogen) atoms. The summed E-state index contributed by atoms with van der Waals surface area (Å²) in [7, 11) is -8.39. The number of aliphatic hydroxyl groups is 1. The summed E-state index contributed by atoms with van der Waals surface area (Å²) in [4.78, 5) is -0.154. The Hall–Kier alpha value is -1.82. The maximum absolute atomic E-state index is 12.6. The SMILES string of the molecule is Cc1ccc(S(=O)(=O)O[C@@H]2CO[C@@H](O)C[C@H]2OS(=O)(=O)c2ccc(C)cc2)cc1. The Morgan fingerprint density at radius 2 is 1.21 bits per heavy atom. The molecule has 0 aromatic heterocycles. The molecule has 3 rings (SSSR count). The number of hydrogen-bond acceptors (Lipinski definition) is 8. The van der Waals surface area contributed by atoms with E-state index in [1.165, 1.54) is 24.3 Å². The van der Waals surface area contributed by atoms with Gasteiger partial charge in [-0.1, -0.05) is 35.4 Å². The highest BCUT2D eigenvalue weighted by Gasteiger charge is 2.39. The molecule has 0 unspecified atom stereocenters. The number of aryl methyl sites for hydroxylation is 2. The summed E-state index contributed by atoms with van der Waals surface area (Å²) in [6, 6.07) is 12.0. The van der Waals surface area contributed by atoms with Gasteiger partial charge in [-0.2, -0.15) is 16.8 Å². The van der Waals surface area contributed by atoms with E-state index in [4.69, 9.17) is 13.1 Å². The normalized spacial score (nSPS) is 23.1. The third-order valence-electron chi connectivity index (χ3n) is 4.42. The quantitative estimate of drug-likeness (QED) is 0.674. The third-order valence-corrected chi connectivity index (χ3v) is 7.12. The fourth-order valence-electron chi connectivity index (χ4n) is 2.77. The Kier molecular flexibility index (Phi) is 6.42. The van der Waals surface area contributed by atoms with Crippen molar-refractivity contribution in [2.24, 2.45) is 0 Å². The first-order valence-corrected chi connectivity index (χ1v) is 11.7. The van der Waals surface area contributed by atoms with Crippen LogP contribution in [-0.4, -0.2) is 47.0 Å². The maximum atomic E-state index is 12.6. The van der Waals surface area contributed by atoms with E-state index in [-0.39, 0.29) is 22.8 Å². The van der Waals surface area contributed by atoms with E-state index in [0.29, 0.717) is 0 Å². The molecular weight excluding hydrogens is 420 g/mol. The molecule has 0 saturated carbocycles. The Bertz CT molecular complexity index is 1040. The van der Waals surface area contributed by atoms with Crippen molar-refractivity contribution >= 4 is 20.2 Å². The lowest BCUT2D eigenvalue weighted by molar-refractivity contribution is -0.181. The van der Waals surface area contributed by atoms with Crippen molar-refractivity contribution < 1.29 is 35.0 Å². The van der Waals surface area contributed by atoms with Gasteiger partial charge in [0, 0.05) is 6.42 Å². The molecule has 1 N–H and O–H groups in total. The standard InChI is InChI=1S/C19H22O8S2/c1-13-3-7-15(8-4-13)28(21,22)26-17-11-19(20)25-12-18(17)27-29(23,24)16-9-5-14(2)6-10-16/h3-10,17-20H,11-12H2,1-2H3/t17-,18-,19-/m1/s1. The Morgan fingerprint density at radius 1 is 0.793 bits per heavy atom. The average molecular weight is 443 g/mol. The lowest BCUT2D eigenvalue weighted by Gasteiger charge is -2.32. The third kappa shape index (κ3) is 5.41. The van der Waals surface area contributed by atoms with E-state index in [0.717, 1.165) is 11.1 Å². The van der Waals surface area contributed by atoms with Gasteiger partial charge in [-0.15, -0.1) is 0 Å². The van der Waals surface area contributed by atoms with Gasteiger partial charge in [-0.3, -0.25) is 8.37 Å². The van der Waals surface area contributed by atoms with Crippen molar-refractivity contribution in [2.75, 3.05) is 6.61 Å². The summed E-state index contributed by atoms with van der Waals surface area (Å²) in [5, 5.41) is 9.75. The Balaban J connectivity index is 1.82. The molecule has 1 fully saturated rings. The zero-order chi connectivity index (χ0) is 21.2. The molecule has 3 atom stereocenters. The molecule has 1 aliphatic heterocycles. The number of benzene rings is 2. The zero-order valence-corrected chi connectivity index (χ0v) is 17.5. The molecule has 158 valence electrons. The van der Waals surface area contributed by atoms with Crippen LogP contribution in [0, 0.1) is 13.8 Å². The van der Waals surface area contributed by atoms with Crippen LogP contribution in [0.3, 0.4) is 0 Å². The number of ether oxygens (including phenoxy) is 1. The fraction of sp³-hybridized carbons (Fsp3) is 0.368. The van der Waals surface area contributed by atoms with Crippen LogP contribution in [-0.2, 0) is 33.3 Å². The molecule has 8 nitrogen and oxygen atoms in total. The molecular formula is C19H22O8S2. The van der Waals surface area contributed by atoms with E-state index >= 15 is 0 Å². The van der Waals surface area contributed by atoms with Gasteiger partial charge in [0.1, 0.15) is 12.2 Å². The van der Waals surface area contributed by atoms with Crippen molar-refractivity contribution in [3.8, 4) is 0 Å². The van der Waals surface area contributed by atoms with Gasteiger partial charge < -0.3 is 9.84 Å². The van der Waals surface area contributed by atoms with Crippen LogP contribution >= 0.6 is 0 Å². The number of rotatable bonds is 6. The van der Waals surface area contributed by atoms with Crippen LogP contribution in [0.5, 0.6) is 0 Å². The van der Waals surface area contributed by atoms with Crippen LogP contribution in [0.4, 0.5) is 0 Å². The molecule has 0 radical (unpaired) electrons. The summed E-state index contributed by atoms with van der Waals surface area (Å²) >= 11 is 0. The summed E-state index contributed by atoms with van der Waals surface area (Å²) in [5.41, 5.74) is 1.74. The highest BCUT2D eigenvalue weighted by molar-refractivity contribution is 7.87. The summed E-state index contributed by atoms with van der Waals surface area (Å²) in [6.45, 7) is 3.28. The topological polar surface area (TPSA) is 116 Å². The molecule has 2 aromatic carbocycles. The van der Waals surface area contributed by atoms with Gasteiger partial charge in [0.15, 0.2) is 6.29 Å². The summed E-state index contributed by atoms with van der Waals surface area (Å²) in [6.07, 6.45) is -4.05. The minimum atomic E-state index is -4.20. The van der Waals surface area contributed by atoms with Gasteiger partial charge in [0.2, 0.25) is 0 Å². The minimum absolute atomic E-state index is 0.0747. The predicted molar refractivity (Wildman–Crippen MR) is 103 cm³/mol. The zero-order valence-electron chi connectivity index (χ0n) is 15.9. The molecule has 0 amide bonds. The molecule has 10 heteroatoms. The smallest absolute Gasteiger partial charge is 0.297 e. The van der Waals surface area contributed by atoms with E-state index in [1.807, 2.05) is 13.8 Å². The van der Waals surface area contributed by atoms with E-state index in [1.54, 1.807) is 24.3 Å². The first kappa shape index (κ1) is 21.9. The second-order valence-electron chi connectivity index (χ2n) is 6.83. The van der Waals surface area contributed by atoms with Crippen LogP contribution in [0.2, 0.25) is 0 Å². The molecule has 0 spiro atoms. The van der Waals surface area contributed by atoms with E-state index in [9.17, 15) is 21.9 Å². The monoisotopic (exact) mass is 442 g/mol. The Labute approximate surface area is 170 Å². The molecule has 0 bridgehead atoms. The molecule has 2 aromatic rings. The molecule has 1 saturated heterocycles. The highest BCUT2D eigenvalue weighted by atomic mass is 32.2.